The number of rotatable bonds is 5. The minimum absolute atomic E-state index is 0.0340. The van der Waals surface area contributed by atoms with Gasteiger partial charge in [-0.1, -0.05) is 36.2 Å². The molecular weight excluding hydrogens is 406 g/mol. The van der Waals surface area contributed by atoms with Crippen LogP contribution in [0.2, 0.25) is 10.2 Å². The molecule has 0 saturated heterocycles. The normalized spacial score (nSPS) is 12.4. The maximum atomic E-state index is 15.2. The Bertz CT molecular complexity index is 880. The Kier molecular flexibility index (Phi) is 7.01. The molecule has 1 aromatic heterocycles. The fourth-order valence-electron chi connectivity index (χ4n) is 2.55. The zero-order valence-corrected chi connectivity index (χ0v) is 17.5. The highest BCUT2D eigenvalue weighted by atomic mass is 35.5. The maximum Gasteiger partial charge on any atom is 0.408 e. The van der Waals surface area contributed by atoms with Gasteiger partial charge in [0.25, 0.3) is 0 Å². The van der Waals surface area contributed by atoms with Crippen molar-refractivity contribution in [3.8, 4) is 0 Å². The molecule has 0 aliphatic heterocycles. The Hall–Kier alpha value is -2.18. The Labute approximate surface area is 173 Å². The lowest BCUT2D eigenvalue weighted by Gasteiger charge is -2.24. The lowest BCUT2D eigenvalue weighted by Crippen LogP contribution is -2.35. The third-order valence-corrected chi connectivity index (χ3v) is 4.35. The second-order valence-corrected chi connectivity index (χ2v) is 7.93. The third-order valence-electron chi connectivity index (χ3n) is 3.81. The number of alkyl carbamates (subject to hydrolysis) is 1. The van der Waals surface area contributed by atoms with Crippen molar-refractivity contribution in [2.75, 3.05) is 0 Å². The van der Waals surface area contributed by atoms with E-state index in [1.165, 1.54) is 30.5 Å². The van der Waals surface area contributed by atoms with Gasteiger partial charge in [-0.3, -0.25) is 4.79 Å². The van der Waals surface area contributed by atoms with Crippen LogP contribution in [-0.4, -0.2) is 22.5 Å². The molecule has 0 fully saturated rings. The summed E-state index contributed by atoms with van der Waals surface area (Å²) in [5, 5.41) is 2.81. The number of benzene rings is 1. The molecule has 0 aliphatic rings. The average Bonchev–Trinajstić information content (AvgIpc) is 2.59. The molecule has 1 atom stereocenters. The molecule has 1 heterocycles. The van der Waals surface area contributed by atoms with E-state index in [1.54, 1.807) is 27.7 Å². The predicted octanol–water partition coefficient (Wildman–Crippen LogP) is 5.73. The number of amides is 1. The van der Waals surface area contributed by atoms with Crippen LogP contribution in [0.1, 0.15) is 61.6 Å². The van der Waals surface area contributed by atoms with E-state index in [1.807, 2.05) is 0 Å². The lowest BCUT2D eigenvalue weighted by molar-refractivity contribution is 0.0501. The highest BCUT2D eigenvalue weighted by Gasteiger charge is 2.26. The molecule has 1 aromatic carbocycles. The van der Waals surface area contributed by atoms with Gasteiger partial charge in [0, 0.05) is 17.3 Å². The van der Waals surface area contributed by atoms with Crippen molar-refractivity contribution in [1.82, 2.24) is 10.3 Å². The fourth-order valence-corrected chi connectivity index (χ4v) is 2.89. The number of hydrogen-bond acceptors (Lipinski definition) is 4. The molecule has 150 valence electrons. The molecule has 0 saturated carbocycles. The summed E-state index contributed by atoms with van der Waals surface area (Å²) in [4.78, 5) is 28.7. The highest BCUT2D eigenvalue weighted by molar-refractivity contribution is 6.35. The Balaban J connectivity index is 2.38. The van der Waals surface area contributed by atoms with E-state index in [-0.39, 0.29) is 26.9 Å². The van der Waals surface area contributed by atoms with Crippen molar-refractivity contribution < 1.29 is 18.7 Å². The molecule has 1 N–H and O–H groups in total. The molecule has 0 bridgehead atoms. The molecule has 28 heavy (non-hydrogen) atoms. The van der Waals surface area contributed by atoms with Gasteiger partial charge in [0.2, 0.25) is 0 Å². The van der Waals surface area contributed by atoms with Gasteiger partial charge < -0.3 is 10.1 Å². The van der Waals surface area contributed by atoms with Crippen LogP contribution in [0, 0.1) is 5.82 Å². The quantitative estimate of drug-likeness (QED) is 0.489. The van der Waals surface area contributed by atoms with Gasteiger partial charge in [-0.25, -0.2) is 14.2 Å². The monoisotopic (exact) mass is 426 g/mol. The second-order valence-electron chi connectivity index (χ2n) is 7.13. The first kappa shape index (κ1) is 22.1. The molecule has 2 rings (SSSR count). The number of ether oxygens (including phenoxy) is 1. The van der Waals surface area contributed by atoms with Crippen molar-refractivity contribution in [2.24, 2.45) is 0 Å². The first-order valence-electron chi connectivity index (χ1n) is 8.67. The van der Waals surface area contributed by atoms with Crippen LogP contribution in [0.4, 0.5) is 9.18 Å². The van der Waals surface area contributed by atoms with Gasteiger partial charge in [0.1, 0.15) is 16.6 Å². The number of pyridine rings is 1. The van der Waals surface area contributed by atoms with Gasteiger partial charge in [-0.15, -0.1) is 0 Å². The number of nitrogens with one attached hydrogen (secondary N) is 1. The number of hydrogen-bond donors (Lipinski definition) is 1. The molecule has 0 spiro atoms. The molecular formula is C20H21Cl2FN2O3. The molecule has 8 heteroatoms. The van der Waals surface area contributed by atoms with E-state index in [0.717, 1.165) is 0 Å². The first-order valence-corrected chi connectivity index (χ1v) is 9.42. The maximum absolute atomic E-state index is 15.2. The number of ketones is 1. The van der Waals surface area contributed by atoms with Crippen LogP contribution in [0.3, 0.4) is 0 Å². The summed E-state index contributed by atoms with van der Waals surface area (Å²) in [5.74, 6) is -1.42. The fraction of sp³-hybridized carbons (Fsp3) is 0.350. The Morgan fingerprint density at radius 3 is 2.43 bits per heavy atom. The van der Waals surface area contributed by atoms with Crippen LogP contribution in [0.15, 0.2) is 30.5 Å². The van der Waals surface area contributed by atoms with Crippen molar-refractivity contribution in [2.45, 2.75) is 45.8 Å². The Morgan fingerprint density at radius 2 is 1.89 bits per heavy atom. The van der Waals surface area contributed by atoms with Crippen molar-refractivity contribution >= 4 is 35.1 Å². The summed E-state index contributed by atoms with van der Waals surface area (Å²) >= 11 is 11.8. The molecule has 2 aromatic rings. The van der Waals surface area contributed by atoms with Crippen LogP contribution < -0.4 is 5.32 Å². The van der Waals surface area contributed by atoms with E-state index >= 15 is 4.39 Å². The number of aromatic nitrogens is 1. The largest absolute Gasteiger partial charge is 0.444 e. The average molecular weight is 427 g/mol. The van der Waals surface area contributed by atoms with E-state index in [9.17, 15) is 9.59 Å². The van der Waals surface area contributed by atoms with E-state index in [0.29, 0.717) is 6.42 Å². The summed E-state index contributed by atoms with van der Waals surface area (Å²) < 4.78 is 20.5. The van der Waals surface area contributed by atoms with Gasteiger partial charge in [-0.2, -0.15) is 0 Å². The van der Waals surface area contributed by atoms with E-state index in [4.69, 9.17) is 27.9 Å². The van der Waals surface area contributed by atoms with Crippen molar-refractivity contribution in [3.63, 3.8) is 0 Å². The highest BCUT2D eigenvalue weighted by Crippen LogP contribution is 2.30. The summed E-state index contributed by atoms with van der Waals surface area (Å²) in [6.45, 7) is 6.97. The predicted molar refractivity (Wildman–Crippen MR) is 106 cm³/mol. The Morgan fingerprint density at radius 1 is 1.21 bits per heavy atom. The molecule has 1 unspecified atom stereocenters. The van der Waals surface area contributed by atoms with E-state index < -0.39 is 29.3 Å². The van der Waals surface area contributed by atoms with E-state index in [2.05, 4.69) is 10.3 Å². The first-order chi connectivity index (χ1) is 13.0. The summed E-state index contributed by atoms with van der Waals surface area (Å²) in [7, 11) is 0. The summed E-state index contributed by atoms with van der Waals surface area (Å²) in [6, 6.07) is 5.05. The lowest BCUT2D eigenvalue weighted by atomic mass is 9.97. The number of nitrogens with zero attached hydrogens (tertiary/aromatic N) is 1. The zero-order valence-electron chi connectivity index (χ0n) is 16.0. The van der Waals surface area contributed by atoms with Crippen LogP contribution >= 0.6 is 23.2 Å². The summed E-state index contributed by atoms with van der Waals surface area (Å²) in [6.07, 6.45) is 0.959. The molecule has 1 amide bonds. The number of carbonyl (C=O) groups is 2. The standard InChI is InChI=1S/C20H21Cl2FN2O3/c1-5-14(25-19(27)28-20(2,3)4)12-7-8-13(21)16(17(12)23)18(26)11-6-9-15(22)24-10-11/h6-10,14H,5H2,1-4H3,(H,25,27). The number of halogens is 3. The third kappa shape index (κ3) is 5.42. The van der Waals surface area contributed by atoms with Gasteiger partial charge in [0.05, 0.1) is 16.6 Å². The minimum Gasteiger partial charge on any atom is -0.444 e. The molecule has 0 aliphatic carbocycles. The molecule has 0 radical (unpaired) electrons. The minimum atomic E-state index is -0.796. The van der Waals surface area contributed by atoms with Crippen molar-refractivity contribution in [3.05, 3.63) is 63.1 Å². The summed E-state index contributed by atoms with van der Waals surface area (Å²) in [5.41, 5.74) is -0.685. The number of carbonyl (C=O) groups excluding carboxylic acids is 2. The smallest absolute Gasteiger partial charge is 0.408 e. The van der Waals surface area contributed by atoms with Crippen LogP contribution in [-0.2, 0) is 4.74 Å². The second kappa shape index (κ2) is 8.88. The van der Waals surface area contributed by atoms with Gasteiger partial charge in [0.15, 0.2) is 5.78 Å². The van der Waals surface area contributed by atoms with Gasteiger partial charge >= 0.3 is 6.09 Å². The zero-order chi connectivity index (χ0) is 21.1. The van der Waals surface area contributed by atoms with Crippen LogP contribution in [0.25, 0.3) is 0 Å². The molecule has 5 nitrogen and oxygen atoms in total. The van der Waals surface area contributed by atoms with Crippen LogP contribution in [0.5, 0.6) is 0 Å². The van der Waals surface area contributed by atoms with Crippen molar-refractivity contribution in [1.29, 1.82) is 0 Å². The van der Waals surface area contributed by atoms with Gasteiger partial charge in [-0.05, 0) is 45.4 Å². The SMILES string of the molecule is CCC(NC(=O)OC(C)(C)C)c1ccc(Cl)c(C(=O)c2ccc(Cl)nc2)c1F. The topological polar surface area (TPSA) is 68.3 Å².